The molecule has 1 aromatic carbocycles. The van der Waals surface area contributed by atoms with Crippen molar-refractivity contribution in [2.75, 3.05) is 26.7 Å². The van der Waals surface area contributed by atoms with E-state index in [1.54, 1.807) is 5.57 Å². The molecule has 5 nitrogen and oxygen atoms in total. The van der Waals surface area contributed by atoms with Gasteiger partial charge in [0.05, 0.1) is 16.6 Å². The first-order valence-electron chi connectivity index (χ1n) is 14.7. The molecule has 0 radical (unpaired) electrons. The monoisotopic (exact) mass is 556 g/mol. The highest BCUT2D eigenvalue weighted by atomic mass is 19.4. The number of carbonyl (C=O) groups is 1. The van der Waals surface area contributed by atoms with Gasteiger partial charge >= 0.3 is 6.18 Å². The third-order valence-electron chi connectivity index (χ3n) is 8.47. The van der Waals surface area contributed by atoms with Crippen LogP contribution >= 0.6 is 0 Å². The number of halogens is 3. The molecule has 2 atom stereocenters. The normalized spacial score (nSPS) is 22.7. The van der Waals surface area contributed by atoms with Crippen LogP contribution in [0.5, 0.6) is 0 Å². The molecule has 2 unspecified atom stereocenters. The standard InChI is InChI=1S/C17H25NO.C15H18F3N3/c1-3-16-8-10-18(12-15-5-6-15)11-9-17(16)7-4-14(2)13-19;1-19-11-4-2-3-9(7-11)14-20-12-6-5-10(15(16,17)18)8-13(12)21-14/h4,7,13,15H,2-3,5-6,8-12H2,1H3;5-6,8-9,11,19H,2-4,7H2,1H3,(H,20,21)/b7-4-;. The average Bonchev–Trinajstić information content (AvgIpc) is 3.71. The van der Waals surface area contributed by atoms with Gasteiger partial charge in [0, 0.05) is 37.2 Å². The lowest BCUT2D eigenvalue weighted by molar-refractivity contribution is -0.137. The van der Waals surface area contributed by atoms with E-state index in [0.29, 0.717) is 22.6 Å². The lowest BCUT2D eigenvalue weighted by Gasteiger charge is -2.27. The molecule has 0 spiro atoms. The summed E-state index contributed by atoms with van der Waals surface area (Å²) in [5.41, 5.74) is 3.96. The van der Waals surface area contributed by atoms with E-state index in [2.05, 4.69) is 39.8 Å². The van der Waals surface area contributed by atoms with Gasteiger partial charge in [-0.3, -0.25) is 4.79 Å². The zero-order chi connectivity index (χ0) is 28.7. The fraction of sp³-hybridized carbons (Fsp3) is 0.562. The molecule has 2 fully saturated rings. The number of imidazole rings is 1. The van der Waals surface area contributed by atoms with Crippen molar-refractivity contribution in [1.82, 2.24) is 20.2 Å². The summed E-state index contributed by atoms with van der Waals surface area (Å²) in [6.45, 7) is 9.58. The van der Waals surface area contributed by atoms with Crippen LogP contribution in [-0.2, 0) is 11.0 Å². The fourth-order valence-corrected chi connectivity index (χ4v) is 5.82. The minimum atomic E-state index is -4.32. The van der Waals surface area contributed by atoms with E-state index in [0.717, 1.165) is 75.2 Å². The van der Waals surface area contributed by atoms with Crippen molar-refractivity contribution in [3.05, 3.63) is 65.0 Å². The first kappa shape index (κ1) is 30.3. The molecule has 8 heteroatoms. The Morgan fingerprint density at radius 2 is 1.98 bits per heavy atom. The highest BCUT2D eigenvalue weighted by Gasteiger charge is 2.31. The van der Waals surface area contributed by atoms with E-state index in [1.165, 1.54) is 44.0 Å². The van der Waals surface area contributed by atoms with Crippen LogP contribution in [0, 0.1) is 5.92 Å². The number of H-pyrrole nitrogens is 1. The largest absolute Gasteiger partial charge is 0.416 e. The SMILES string of the molecule is C=C(C=O)/C=C\C1=C(CC)CCN(CC2CC2)CC1.CNC1CCCC(c2nc3ccc(C(F)(F)F)cc3[nH]2)C1. The second kappa shape index (κ2) is 13.8. The number of nitrogens with zero attached hydrogens (tertiary/aromatic N) is 2. The molecular weight excluding hydrogens is 513 g/mol. The van der Waals surface area contributed by atoms with Gasteiger partial charge in [-0.25, -0.2) is 4.98 Å². The lowest BCUT2D eigenvalue weighted by atomic mass is 9.85. The minimum Gasteiger partial charge on any atom is -0.342 e. The number of nitrogens with one attached hydrogen (secondary N) is 2. The summed E-state index contributed by atoms with van der Waals surface area (Å²) in [6, 6.07) is 4.13. The number of hydrogen-bond donors (Lipinski definition) is 2. The zero-order valence-electron chi connectivity index (χ0n) is 23.8. The number of benzene rings is 1. The maximum absolute atomic E-state index is 12.7. The summed E-state index contributed by atoms with van der Waals surface area (Å²) in [5, 5.41) is 3.28. The summed E-state index contributed by atoms with van der Waals surface area (Å²) in [5.74, 6) is 2.07. The summed E-state index contributed by atoms with van der Waals surface area (Å²) in [6.07, 6.45) is 11.0. The second-order valence-electron chi connectivity index (χ2n) is 11.5. The number of hydrogen-bond acceptors (Lipinski definition) is 4. The van der Waals surface area contributed by atoms with Crippen LogP contribution in [0.2, 0.25) is 0 Å². The molecule has 2 aromatic rings. The quantitative estimate of drug-likeness (QED) is 0.203. The minimum absolute atomic E-state index is 0.290. The third-order valence-corrected chi connectivity index (χ3v) is 8.47. The second-order valence-corrected chi connectivity index (χ2v) is 11.5. The van der Waals surface area contributed by atoms with E-state index in [9.17, 15) is 18.0 Å². The summed E-state index contributed by atoms with van der Waals surface area (Å²) in [7, 11) is 1.95. The maximum atomic E-state index is 12.7. The Bertz CT molecular complexity index is 1220. The molecule has 1 aliphatic heterocycles. The number of aromatic nitrogens is 2. The van der Waals surface area contributed by atoms with Gasteiger partial charge in [0.25, 0.3) is 0 Å². The molecule has 0 amide bonds. The van der Waals surface area contributed by atoms with Gasteiger partial charge in [-0.05, 0) is 88.1 Å². The Morgan fingerprint density at radius 3 is 2.65 bits per heavy atom. The Morgan fingerprint density at radius 1 is 1.20 bits per heavy atom. The van der Waals surface area contributed by atoms with Crippen molar-refractivity contribution in [1.29, 1.82) is 0 Å². The molecule has 0 saturated heterocycles. The molecule has 3 aliphatic rings. The molecular formula is C32H43F3N4O. The molecule has 0 bridgehead atoms. The Hall–Kier alpha value is -2.71. The smallest absolute Gasteiger partial charge is 0.342 e. The van der Waals surface area contributed by atoms with Crippen molar-refractivity contribution in [3.63, 3.8) is 0 Å². The van der Waals surface area contributed by atoms with E-state index in [-0.39, 0.29) is 5.92 Å². The number of aromatic amines is 1. The van der Waals surface area contributed by atoms with Crippen molar-refractivity contribution in [2.24, 2.45) is 5.92 Å². The number of rotatable bonds is 8. The molecule has 5 rings (SSSR count). The summed E-state index contributed by atoms with van der Waals surface area (Å²) in [4.78, 5) is 20.8. The van der Waals surface area contributed by atoms with Crippen molar-refractivity contribution in [2.45, 2.75) is 82.8 Å². The number of allylic oxidation sites excluding steroid dienone is 3. The third kappa shape index (κ3) is 8.40. The molecule has 218 valence electrons. The Kier molecular flexibility index (Phi) is 10.4. The van der Waals surface area contributed by atoms with Gasteiger partial charge in [0.15, 0.2) is 0 Å². The van der Waals surface area contributed by atoms with Crippen LogP contribution in [-0.4, -0.2) is 53.9 Å². The van der Waals surface area contributed by atoms with Crippen LogP contribution in [0.25, 0.3) is 11.0 Å². The highest BCUT2D eigenvalue weighted by molar-refractivity contribution is 5.77. The fourth-order valence-electron chi connectivity index (χ4n) is 5.82. The van der Waals surface area contributed by atoms with Gasteiger partial charge in [-0.2, -0.15) is 13.2 Å². The van der Waals surface area contributed by atoms with Crippen molar-refractivity contribution < 1.29 is 18.0 Å². The first-order chi connectivity index (χ1) is 19.2. The number of alkyl halides is 3. The summed E-state index contributed by atoms with van der Waals surface area (Å²) >= 11 is 0. The molecule has 2 saturated carbocycles. The summed E-state index contributed by atoms with van der Waals surface area (Å²) < 4.78 is 38.2. The van der Waals surface area contributed by atoms with Gasteiger partial charge < -0.3 is 15.2 Å². The van der Waals surface area contributed by atoms with Gasteiger partial charge in [0.2, 0.25) is 0 Å². The highest BCUT2D eigenvalue weighted by Crippen LogP contribution is 2.35. The lowest BCUT2D eigenvalue weighted by Crippen LogP contribution is -2.30. The van der Waals surface area contributed by atoms with E-state index >= 15 is 0 Å². The maximum Gasteiger partial charge on any atom is 0.416 e. The van der Waals surface area contributed by atoms with Crippen molar-refractivity contribution >= 4 is 17.3 Å². The van der Waals surface area contributed by atoms with Gasteiger partial charge in [0.1, 0.15) is 12.1 Å². The van der Waals surface area contributed by atoms with Crippen molar-refractivity contribution in [3.8, 4) is 0 Å². The van der Waals surface area contributed by atoms with E-state index in [1.807, 2.05) is 13.1 Å². The molecule has 2 heterocycles. The molecule has 40 heavy (non-hydrogen) atoms. The van der Waals surface area contributed by atoms with Crippen LogP contribution < -0.4 is 5.32 Å². The van der Waals surface area contributed by atoms with Crippen LogP contribution in [0.3, 0.4) is 0 Å². The average molecular weight is 557 g/mol. The molecule has 2 aliphatic carbocycles. The van der Waals surface area contributed by atoms with Crippen LogP contribution in [0.4, 0.5) is 13.2 Å². The molecule has 1 aromatic heterocycles. The number of aldehydes is 1. The van der Waals surface area contributed by atoms with Gasteiger partial charge in [-0.15, -0.1) is 0 Å². The number of carbonyl (C=O) groups excluding carboxylic acids is 1. The van der Waals surface area contributed by atoms with E-state index < -0.39 is 11.7 Å². The Balaban J connectivity index is 0.000000186. The first-order valence-corrected chi connectivity index (χ1v) is 14.7. The number of fused-ring (bicyclic) bond motifs is 1. The van der Waals surface area contributed by atoms with E-state index in [4.69, 9.17) is 0 Å². The van der Waals surface area contributed by atoms with Crippen LogP contribution in [0.1, 0.15) is 82.0 Å². The predicted octanol–water partition coefficient (Wildman–Crippen LogP) is 7.34. The Labute approximate surface area is 236 Å². The zero-order valence-corrected chi connectivity index (χ0v) is 23.8. The topological polar surface area (TPSA) is 61.0 Å². The predicted molar refractivity (Wildman–Crippen MR) is 155 cm³/mol. The van der Waals surface area contributed by atoms with Gasteiger partial charge in [-0.1, -0.05) is 37.6 Å². The molecule has 2 N–H and O–H groups in total. The van der Waals surface area contributed by atoms with Crippen LogP contribution in [0.15, 0.2) is 53.6 Å².